The molecule has 0 aromatic heterocycles. The number of halogens is 2. The highest BCUT2D eigenvalue weighted by molar-refractivity contribution is 8.18. The number of imide groups is 1. The monoisotopic (exact) mass is 437 g/mol. The Balaban J connectivity index is 1.82. The van der Waals surface area contributed by atoms with Crippen molar-refractivity contribution in [1.29, 1.82) is 0 Å². The lowest BCUT2D eigenvalue weighted by Gasteiger charge is -2.13. The van der Waals surface area contributed by atoms with Crippen molar-refractivity contribution in [2.45, 2.75) is 6.54 Å². The zero-order valence-electron chi connectivity index (χ0n) is 14.2. The van der Waals surface area contributed by atoms with Gasteiger partial charge in [0.05, 0.1) is 11.4 Å². The van der Waals surface area contributed by atoms with Gasteiger partial charge >= 0.3 is 5.97 Å². The first-order chi connectivity index (χ1) is 13.3. The first-order valence-corrected chi connectivity index (χ1v) is 9.55. The van der Waals surface area contributed by atoms with E-state index < -0.39 is 23.7 Å². The number of hydrogen-bond acceptors (Lipinski definition) is 5. The number of ether oxygens (including phenoxy) is 1. The Morgan fingerprint density at radius 1 is 1.18 bits per heavy atom. The van der Waals surface area contributed by atoms with Crippen LogP contribution in [0.4, 0.5) is 4.79 Å². The van der Waals surface area contributed by atoms with E-state index in [-0.39, 0.29) is 11.4 Å². The highest BCUT2D eigenvalue weighted by atomic mass is 35.5. The second-order valence-electron chi connectivity index (χ2n) is 5.72. The van der Waals surface area contributed by atoms with Gasteiger partial charge in [0.25, 0.3) is 11.1 Å². The third-order valence-corrected chi connectivity index (χ3v) is 5.27. The van der Waals surface area contributed by atoms with Crippen molar-refractivity contribution >= 4 is 58.2 Å². The average molecular weight is 438 g/mol. The first-order valence-electron chi connectivity index (χ1n) is 7.98. The van der Waals surface area contributed by atoms with E-state index in [1.54, 1.807) is 42.5 Å². The third-order valence-electron chi connectivity index (χ3n) is 3.77. The van der Waals surface area contributed by atoms with Crippen molar-refractivity contribution in [3.8, 4) is 5.75 Å². The van der Waals surface area contributed by atoms with Crippen molar-refractivity contribution in [2.24, 2.45) is 0 Å². The second-order valence-corrected chi connectivity index (χ2v) is 7.56. The molecule has 0 bridgehead atoms. The molecule has 6 nitrogen and oxygen atoms in total. The number of thioether (sulfide) groups is 1. The van der Waals surface area contributed by atoms with Gasteiger partial charge in [-0.25, -0.2) is 4.79 Å². The molecule has 9 heteroatoms. The number of hydrogen-bond donors (Lipinski definition) is 1. The summed E-state index contributed by atoms with van der Waals surface area (Å²) in [6.07, 6.45) is 1.51. The molecule has 1 aliphatic heterocycles. The molecule has 28 heavy (non-hydrogen) atoms. The number of amides is 2. The Kier molecular flexibility index (Phi) is 6.28. The Labute approximate surface area is 174 Å². The van der Waals surface area contributed by atoms with Gasteiger partial charge in [-0.2, -0.15) is 0 Å². The van der Waals surface area contributed by atoms with E-state index in [0.29, 0.717) is 26.9 Å². The molecule has 1 N–H and O–H groups in total. The second kappa shape index (κ2) is 8.68. The molecule has 0 atom stereocenters. The van der Waals surface area contributed by atoms with Crippen LogP contribution in [-0.4, -0.2) is 33.7 Å². The number of aliphatic carboxylic acids is 1. The molecule has 2 aromatic rings. The van der Waals surface area contributed by atoms with Crippen LogP contribution in [0.5, 0.6) is 5.75 Å². The Bertz CT molecular complexity index is 992. The van der Waals surface area contributed by atoms with E-state index >= 15 is 0 Å². The minimum Gasteiger partial charge on any atom is -0.481 e. The summed E-state index contributed by atoms with van der Waals surface area (Å²) in [5.74, 6) is -1.28. The van der Waals surface area contributed by atoms with E-state index in [1.807, 2.05) is 0 Å². The van der Waals surface area contributed by atoms with Crippen molar-refractivity contribution in [3.05, 3.63) is 68.5 Å². The summed E-state index contributed by atoms with van der Waals surface area (Å²) in [7, 11) is 0. The molecule has 0 saturated carbocycles. The number of benzene rings is 2. The van der Waals surface area contributed by atoms with Crippen molar-refractivity contribution in [1.82, 2.24) is 4.90 Å². The topological polar surface area (TPSA) is 83.9 Å². The SMILES string of the molecule is O=C(O)COc1ccccc1/C=C1\SC(=O)N(Cc2ccc(Cl)cc2Cl)C1=O. The number of para-hydroxylation sites is 1. The molecule has 2 amide bonds. The van der Waals surface area contributed by atoms with Gasteiger partial charge in [-0.3, -0.25) is 14.5 Å². The minimum absolute atomic E-state index is 0.0230. The fourth-order valence-electron chi connectivity index (χ4n) is 2.47. The minimum atomic E-state index is -1.12. The van der Waals surface area contributed by atoms with Gasteiger partial charge in [-0.1, -0.05) is 47.5 Å². The van der Waals surface area contributed by atoms with Crippen molar-refractivity contribution < 1.29 is 24.2 Å². The number of carbonyl (C=O) groups excluding carboxylic acids is 2. The number of carbonyl (C=O) groups is 3. The van der Waals surface area contributed by atoms with Crippen LogP contribution in [0.2, 0.25) is 10.0 Å². The molecule has 0 aliphatic carbocycles. The molecular weight excluding hydrogens is 425 g/mol. The van der Waals surface area contributed by atoms with Gasteiger partial charge < -0.3 is 9.84 Å². The van der Waals surface area contributed by atoms with E-state index in [9.17, 15) is 14.4 Å². The third kappa shape index (κ3) is 4.67. The maximum absolute atomic E-state index is 12.7. The molecular formula is C19H13Cl2NO5S. The molecule has 1 fully saturated rings. The van der Waals surface area contributed by atoms with Gasteiger partial charge in [-0.15, -0.1) is 0 Å². The van der Waals surface area contributed by atoms with Gasteiger partial charge in [0, 0.05) is 15.6 Å². The van der Waals surface area contributed by atoms with Gasteiger partial charge in [0.1, 0.15) is 5.75 Å². The molecule has 3 rings (SSSR count). The fourth-order valence-corrected chi connectivity index (χ4v) is 3.77. The van der Waals surface area contributed by atoms with Crippen LogP contribution >= 0.6 is 35.0 Å². The summed E-state index contributed by atoms with van der Waals surface area (Å²) in [5, 5.41) is 9.17. The summed E-state index contributed by atoms with van der Waals surface area (Å²) in [6, 6.07) is 11.5. The van der Waals surface area contributed by atoms with Gasteiger partial charge in [0.2, 0.25) is 0 Å². The van der Waals surface area contributed by atoms with Crippen LogP contribution in [-0.2, 0) is 16.1 Å². The predicted molar refractivity (Wildman–Crippen MR) is 108 cm³/mol. The van der Waals surface area contributed by atoms with Crippen LogP contribution in [0.3, 0.4) is 0 Å². The summed E-state index contributed by atoms with van der Waals surface area (Å²) < 4.78 is 5.23. The van der Waals surface area contributed by atoms with E-state index in [4.69, 9.17) is 33.0 Å². The lowest BCUT2D eigenvalue weighted by atomic mass is 10.1. The largest absolute Gasteiger partial charge is 0.481 e. The first kappa shape index (κ1) is 20.3. The lowest BCUT2D eigenvalue weighted by Crippen LogP contribution is -2.27. The Morgan fingerprint density at radius 3 is 2.64 bits per heavy atom. The van der Waals surface area contributed by atoms with Crippen molar-refractivity contribution in [2.75, 3.05) is 6.61 Å². The molecule has 0 unspecified atom stereocenters. The highest BCUT2D eigenvalue weighted by Gasteiger charge is 2.35. The van der Waals surface area contributed by atoms with Crippen LogP contribution in [0.1, 0.15) is 11.1 Å². The highest BCUT2D eigenvalue weighted by Crippen LogP contribution is 2.35. The molecule has 144 valence electrons. The molecule has 2 aromatic carbocycles. The number of nitrogens with zero attached hydrogens (tertiary/aromatic N) is 1. The van der Waals surface area contributed by atoms with E-state index in [1.165, 1.54) is 6.08 Å². The lowest BCUT2D eigenvalue weighted by molar-refractivity contribution is -0.139. The van der Waals surface area contributed by atoms with Crippen molar-refractivity contribution in [3.63, 3.8) is 0 Å². The molecule has 0 radical (unpaired) electrons. The summed E-state index contributed by atoms with van der Waals surface area (Å²) in [4.78, 5) is 37.0. The zero-order chi connectivity index (χ0) is 20.3. The average Bonchev–Trinajstić information content (AvgIpc) is 2.90. The van der Waals surface area contributed by atoms with Gasteiger partial charge in [-0.05, 0) is 41.6 Å². The molecule has 1 aliphatic rings. The molecule has 0 spiro atoms. The maximum Gasteiger partial charge on any atom is 0.341 e. The Hall–Kier alpha value is -2.48. The summed E-state index contributed by atoms with van der Waals surface area (Å²) in [5.41, 5.74) is 1.10. The molecule has 1 heterocycles. The van der Waals surface area contributed by atoms with Crippen LogP contribution < -0.4 is 4.74 Å². The number of rotatable bonds is 6. The molecule has 1 saturated heterocycles. The maximum atomic E-state index is 12.7. The fraction of sp³-hybridized carbons (Fsp3) is 0.105. The Morgan fingerprint density at radius 2 is 1.93 bits per heavy atom. The van der Waals surface area contributed by atoms with E-state index in [2.05, 4.69) is 0 Å². The standard InChI is InChI=1S/C19H13Cl2NO5S/c20-13-6-5-12(14(21)8-13)9-22-18(25)16(28-19(22)26)7-11-3-1-2-4-15(11)27-10-17(23)24/h1-8H,9-10H2,(H,23,24)/b16-7-. The van der Waals surface area contributed by atoms with Crippen LogP contribution in [0, 0.1) is 0 Å². The smallest absolute Gasteiger partial charge is 0.341 e. The van der Waals surface area contributed by atoms with Crippen LogP contribution in [0.15, 0.2) is 47.4 Å². The quantitative estimate of drug-likeness (QED) is 0.659. The van der Waals surface area contributed by atoms with Gasteiger partial charge in [0.15, 0.2) is 6.61 Å². The van der Waals surface area contributed by atoms with Crippen LogP contribution in [0.25, 0.3) is 6.08 Å². The number of carboxylic acid groups (broad SMARTS) is 1. The zero-order valence-corrected chi connectivity index (χ0v) is 16.6. The number of carboxylic acids is 1. The normalized spacial score (nSPS) is 15.4. The van der Waals surface area contributed by atoms with E-state index in [0.717, 1.165) is 16.7 Å². The summed E-state index contributed by atoms with van der Waals surface area (Å²) in [6.45, 7) is -0.490. The summed E-state index contributed by atoms with van der Waals surface area (Å²) >= 11 is 12.8. The predicted octanol–water partition coefficient (Wildman–Crippen LogP) is 4.69.